The Labute approximate surface area is 116 Å². The third-order valence-corrected chi connectivity index (χ3v) is 3.11. The van der Waals surface area contributed by atoms with Crippen LogP contribution in [0.25, 0.3) is 10.8 Å². The summed E-state index contributed by atoms with van der Waals surface area (Å²) < 4.78 is 0. The zero-order chi connectivity index (χ0) is 13.9. The van der Waals surface area contributed by atoms with Crippen LogP contribution in [-0.4, -0.2) is 16.4 Å². The Morgan fingerprint density at radius 1 is 0.850 bits per heavy atom. The van der Waals surface area contributed by atoms with Gasteiger partial charge in [0.05, 0.1) is 5.69 Å². The van der Waals surface area contributed by atoms with Crippen LogP contribution >= 0.6 is 0 Å². The Kier molecular flexibility index (Phi) is 3.09. The average Bonchev–Trinajstić information content (AvgIpc) is 2.47. The maximum atomic E-state index is 10.2. The maximum absolute atomic E-state index is 10.2. The Balaban J connectivity index is 2.01. The molecule has 3 aromatic rings. The molecule has 0 aliphatic carbocycles. The molecule has 0 radical (unpaired) electrons. The molecular weight excluding hydrogens is 250 g/mol. The molecule has 0 spiro atoms. The molecule has 3 rings (SSSR count). The lowest BCUT2D eigenvalue weighted by Gasteiger charge is -2.04. The van der Waals surface area contributed by atoms with Gasteiger partial charge in [-0.15, -0.1) is 0 Å². The van der Waals surface area contributed by atoms with E-state index < -0.39 is 0 Å². The molecule has 0 aliphatic rings. The summed E-state index contributed by atoms with van der Waals surface area (Å²) in [7, 11) is 0. The standard InChI is InChI=1S/C17H13NO2/c19-15-6-3-5-14(10-15)18-11-13-9-8-12-4-1-2-7-16(12)17(13)20/h1-11,19-20H. The fourth-order valence-electron chi connectivity index (χ4n) is 2.09. The number of phenolic OH excluding ortho intramolecular Hbond substituents is 2. The van der Waals surface area contributed by atoms with E-state index in [1.807, 2.05) is 36.4 Å². The molecule has 0 amide bonds. The van der Waals surface area contributed by atoms with Crippen LogP contribution in [0.1, 0.15) is 5.56 Å². The van der Waals surface area contributed by atoms with Crippen molar-refractivity contribution >= 4 is 22.7 Å². The smallest absolute Gasteiger partial charge is 0.132 e. The van der Waals surface area contributed by atoms with Crippen LogP contribution in [0.3, 0.4) is 0 Å². The zero-order valence-electron chi connectivity index (χ0n) is 10.7. The van der Waals surface area contributed by atoms with Gasteiger partial charge in [-0.2, -0.15) is 0 Å². The molecule has 0 aliphatic heterocycles. The summed E-state index contributed by atoms with van der Waals surface area (Å²) in [5.74, 6) is 0.384. The van der Waals surface area contributed by atoms with E-state index in [2.05, 4.69) is 4.99 Å². The monoisotopic (exact) mass is 263 g/mol. The Hall–Kier alpha value is -2.81. The van der Waals surface area contributed by atoms with E-state index in [1.54, 1.807) is 30.5 Å². The first-order chi connectivity index (χ1) is 9.74. The lowest BCUT2D eigenvalue weighted by atomic mass is 10.1. The van der Waals surface area contributed by atoms with Gasteiger partial charge in [-0.1, -0.05) is 36.4 Å². The van der Waals surface area contributed by atoms with Crippen LogP contribution in [0, 0.1) is 0 Å². The van der Waals surface area contributed by atoms with Crippen molar-refractivity contribution in [2.75, 3.05) is 0 Å². The van der Waals surface area contributed by atoms with E-state index >= 15 is 0 Å². The second kappa shape index (κ2) is 5.05. The molecule has 2 N–H and O–H groups in total. The summed E-state index contributed by atoms with van der Waals surface area (Å²) in [4.78, 5) is 4.26. The van der Waals surface area contributed by atoms with E-state index in [1.165, 1.54) is 0 Å². The fraction of sp³-hybridized carbons (Fsp3) is 0. The molecule has 3 heteroatoms. The third-order valence-electron chi connectivity index (χ3n) is 3.11. The molecule has 0 heterocycles. The summed E-state index contributed by atoms with van der Waals surface area (Å²) in [5, 5.41) is 21.4. The molecule has 3 aromatic carbocycles. The van der Waals surface area contributed by atoms with E-state index in [9.17, 15) is 10.2 Å². The highest BCUT2D eigenvalue weighted by Gasteiger charge is 2.03. The first kappa shape index (κ1) is 12.2. The maximum Gasteiger partial charge on any atom is 0.132 e. The third kappa shape index (κ3) is 2.34. The molecule has 20 heavy (non-hydrogen) atoms. The Bertz CT molecular complexity index is 794. The van der Waals surface area contributed by atoms with Gasteiger partial charge in [-0.25, -0.2) is 0 Å². The quantitative estimate of drug-likeness (QED) is 0.686. The second-order valence-electron chi connectivity index (χ2n) is 4.50. The zero-order valence-corrected chi connectivity index (χ0v) is 10.7. The van der Waals surface area contributed by atoms with Crippen LogP contribution in [-0.2, 0) is 0 Å². The first-order valence-corrected chi connectivity index (χ1v) is 6.28. The van der Waals surface area contributed by atoms with E-state index in [0.29, 0.717) is 11.3 Å². The summed E-state index contributed by atoms with van der Waals surface area (Å²) in [6.45, 7) is 0. The van der Waals surface area contributed by atoms with Crippen molar-refractivity contribution in [2.24, 2.45) is 4.99 Å². The van der Waals surface area contributed by atoms with Crippen LogP contribution in [0.4, 0.5) is 5.69 Å². The van der Waals surface area contributed by atoms with Crippen molar-refractivity contribution in [1.29, 1.82) is 0 Å². The van der Waals surface area contributed by atoms with Crippen LogP contribution in [0.5, 0.6) is 11.5 Å². The van der Waals surface area contributed by atoms with Crippen LogP contribution < -0.4 is 0 Å². The number of aromatic hydroxyl groups is 2. The summed E-state index contributed by atoms with van der Waals surface area (Å²) in [6.07, 6.45) is 1.59. The topological polar surface area (TPSA) is 52.8 Å². The van der Waals surface area contributed by atoms with Crippen LogP contribution in [0.15, 0.2) is 65.7 Å². The number of fused-ring (bicyclic) bond motifs is 1. The predicted molar refractivity (Wildman–Crippen MR) is 81.0 cm³/mol. The van der Waals surface area contributed by atoms with Crippen molar-refractivity contribution in [2.45, 2.75) is 0 Å². The number of hydrogen-bond acceptors (Lipinski definition) is 3. The number of aliphatic imine (C=N–C) groups is 1. The summed E-state index contributed by atoms with van der Waals surface area (Å²) in [5.41, 5.74) is 1.28. The predicted octanol–water partition coefficient (Wildman–Crippen LogP) is 4.00. The normalized spacial score (nSPS) is 11.2. The number of phenols is 2. The van der Waals surface area contributed by atoms with Gasteiger partial charge in [0.25, 0.3) is 0 Å². The van der Waals surface area contributed by atoms with Crippen molar-refractivity contribution < 1.29 is 10.2 Å². The molecule has 0 bridgehead atoms. The van der Waals surface area contributed by atoms with Crippen LogP contribution in [0.2, 0.25) is 0 Å². The molecule has 98 valence electrons. The van der Waals surface area contributed by atoms with Crippen molar-refractivity contribution in [3.05, 3.63) is 66.2 Å². The molecule has 0 atom stereocenters. The van der Waals surface area contributed by atoms with Gasteiger partial charge in [0.2, 0.25) is 0 Å². The summed E-state index contributed by atoms with van der Waals surface area (Å²) in [6, 6.07) is 18.1. The molecule has 0 aromatic heterocycles. The van der Waals surface area contributed by atoms with Gasteiger partial charge in [0, 0.05) is 23.2 Å². The molecule has 0 fully saturated rings. The largest absolute Gasteiger partial charge is 0.508 e. The average molecular weight is 263 g/mol. The minimum absolute atomic E-state index is 0.169. The fourth-order valence-corrected chi connectivity index (χ4v) is 2.09. The van der Waals surface area contributed by atoms with Crippen molar-refractivity contribution in [3.63, 3.8) is 0 Å². The van der Waals surface area contributed by atoms with Crippen molar-refractivity contribution in [1.82, 2.24) is 0 Å². The van der Waals surface area contributed by atoms with E-state index in [-0.39, 0.29) is 11.5 Å². The minimum Gasteiger partial charge on any atom is -0.508 e. The number of rotatable bonds is 2. The number of benzene rings is 3. The van der Waals surface area contributed by atoms with E-state index in [4.69, 9.17) is 0 Å². The Morgan fingerprint density at radius 3 is 2.55 bits per heavy atom. The van der Waals surface area contributed by atoms with Gasteiger partial charge in [0.15, 0.2) is 0 Å². The lowest BCUT2D eigenvalue weighted by Crippen LogP contribution is -1.84. The van der Waals surface area contributed by atoms with Gasteiger partial charge in [-0.05, 0) is 23.6 Å². The molecule has 3 nitrogen and oxygen atoms in total. The molecule has 0 saturated carbocycles. The van der Waals surface area contributed by atoms with E-state index in [0.717, 1.165) is 10.8 Å². The minimum atomic E-state index is 0.169. The highest BCUT2D eigenvalue weighted by Crippen LogP contribution is 2.28. The summed E-state index contributed by atoms with van der Waals surface area (Å²) >= 11 is 0. The number of nitrogens with zero attached hydrogens (tertiary/aromatic N) is 1. The van der Waals surface area contributed by atoms with Gasteiger partial charge in [-0.3, -0.25) is 4.99 Å². The second-order valence-corrected chi connectivity index (χ2v) is 4.50. The SMILES string of the molecule is Oc1cccc(N=Cc2ccc3ccccc3c2O)c1. The molecular formula is C17H13NO2. The molecule has 0 saturated heterocycles. The van der Waals surface area contributed by atoms with Gasteiger partial charge in [0.1, 0.15) is 11.5 Å². The van der Waals surface area contributed by atoms with Crippen molar-refractivity contribution in [3.8, 4) is 11.5 Å². The highest BCUT2D eigenvalue weighted by molar-refractivity contribution is 5.97. The highest BCUT2D eigenvalue weighted by atomic mass is 16.3. The number of hydrogen-bond donors (Lipinski definition) is 2. The van der Waals surface area contributed by atoms with Gasteiger partial charge >= 0.3 is 0 Å². The van der Waals surface area contributed by atoms with Gasteiger partial charge < -0.3 is 10.2 Å². The Morgan fingerprint density at radius 2 is 1.70 bits per heavy atom. The lowest BCUT2D eigenvalue weighted by molar-refractivity contribution is 0.475. The first-order valence-electron chi connectivity index (χ1n) is 6.28. The molecule has 0 unspecified atom stereocenters.